The summed E-state index contributed by atoms with van der Waals surface area (Å²) in [6, 6.07) is 6.00. The maximum Gasteiger partial charge on any atom is 0.337 e. The third-order valence-electron chi connectivity index (χ3n) is 3.51. The molecule has 0 aromatic heterocycles. The molecule has 134 valence electrons. The largest absolute Gasteiger partial charge is 0.465 e. The van der Waals surface area contributed by atoms with E-state index in [1.165, 1.54) is 30.2 Å². The number of sulfonamides is 1. The van der Waals surface area contributed by atoms with Gasteiger partial charge in [0.15, 0.2) is 0 Å². The van der Waals surface area contributed by atoms with Crippen LogP contribution in [-0.2, 0) is 19.6 Å². The Labute approximate surface area is 143 Å². The summed E-state index contributed by atoms with van der Waals surface area (Å²) in [6.07, 6.45) is 2.81. The predicted molar refractivity (Wildman–Crippen MR) is 92.5 cm³/mol. The smallest absolute Gasteiger partial charge is 0.337 e. The summed E-state index contributed by atoms with van der Waals surface area (Å²) in [7, 11) is -0.795. The summed E-state index contributed by atoms with van der Waals surface area (Å²) in [4.78, 5) is 25.4. The normalized spacial score (nSPS) is 11.0. The second-order valence-electron chi connectivity index (χ2n) is 5.48. The molecular weight excluding hydrogens is 332 g/mol. The number of unbranched alkanes of at least 4 members (excludes halogenated alkanes) is 1. The Morgan fingerprint density at radius 2 is 1.92 bits per heavy atom. The first-order chi connectivity index (χ1) is 11.2. The van der Waals surface area contributed by atoms with E-state index in [1.54, 1.807) is 13.1 Å². The first-order valence-electron chi connectivity index (χ1n) is 7.60. The maximum absolute atomic E-state index is 12.3. The van der Waals surface area contributed by atoms with Gasteiger partial charge in [-0.15, -0.1) is 0 Å². The fourth-order valence-electron chi connectivity index (χ4n) is 2.07. The van der Waals surface area contributed by atoms with E-state index in [0.29, 0.717) is 6.54 Å². The van der Waals surface area contributed by atoms with Crippen molar-refractivity contribution in [1.82, 2.24) is 4.90 Å². The van der Waals surface area contributed by atoms with E-state index >= 15 is 0 Å². The number of nitrogens with zero attached hydrogens (tertiary/aromatic N) is 2. The molecule has 0 heterocycles. The van der Waals surface area contributed by atoms with Gasteiger partial charge in [0.25, 0.3) is 0 Å². The number of benzene rings is 1. The average Bonchev–Trinajstić information content (AvgIpc) is 2.55. The zero-order valence-electron chi connectivity index (χ0n) is 14.5. The first-order valence-corrected chi connectivity index (χ1v) is 9.45. The van der Waals surface area contributed by atoms with Crippen LogP contribution in [0.15, 0.2) is 24.3 Å². The second kappa shape index (κ2) is 8.68. The number of likely N-dealkylation sites (N-methyl/N-ethyl adjacent to an activating group) is 1. The molecule has 1 rings (SSSR count). The number of carbonyl (C=O) groups excluding carboxylic acids is 2. The van der Waals surface area contributed by atoms with Crippen LogP contribution >= 0.6 is 0 Å². The third kappa shape index (κ3) is 5.52. The summed E-state index contributed by atoms with van der Waals surface area (Å²) in [5, 5.41) is 0. The van der Waals surface area contributed by atoms with Crippen LogP contribution in [0, 0.1) is 0 Å². The van der Waals surface area contributed by atoms with Crippen LogP contribution in [0.2, 0.25) is 0 Å². The van der Waals surface area contributed by atoms with E-state index in [4.69, 9.17) is 0 Å². The van der Waals surface area contributed by atoms with E-state index in [0.717, 1.165) is 23.4 Å². The Balaban J connectivity index is 3.07. The maximum atomic E-state index is 12.3. The van der Waals surface area contributed by atoms with E-state index in [1.807, 2.05) is 6.92 Å². The zero-order valence-corrected chi connectivity index (χ0v) is 15.3. The standard InChI is InChI=1S/C16H24N2O5S/c1-5-6-10-17(2)15(19)12-18(24(4,21)22)14-9-7-8-13(11-14)16(20)23-3/h7-9,11H,5-6,10,12H2,1-4H3. The number of rotatable bonds is 8. The number of carbonyl (C=O) groups is 2. The van der Waals surface area contributed by atoms with Gasteiger partial charge in [0.1, 0.15) is 6.54 Å². The van der Waals surface area contributed by atoms with Gasteiger partial charge in [0.05, 0.1) is 24.6 Å². The number of methoxy groups -OCH3 is 1. The SMILES string of the molecule is CCCCN(C)C(=O)CN(c1cccc(C(=O)OC)c1)S(C)(=O)=O. The molecule has 0 saturated heterocycles. The molecule has 0 aliphatic heterocycles. The lowest BCUT2D eigenvalue weighted by atomic mass is 10.2. The van der Waals surface area contributed by atoms with Crippen molar-refractivity contribution in [2.24, 2.45) is 0 Å². The van der Waals surface area contributed by atoms with Crippen LogP contribution in [0.1, 0.15) is 30.1 Å². The Morgan fingerprint density at radius 3 is 2.46 bits per heavy atom. The van der Waals surface area contributed by atoms with Crippen LogP contribution in [0.4, 0.5) is 5.69 Å². The molecule has 0 bridgehead atoms. The molecule has 0 N–H and O–H groups in total. The molecule has 0 aliphatic rings. The highest BCUT2D eigenvalue weighted by Gasteiger charge is 2.23. The van der Waals surface area contributed by atoms with E-state index < -0.39 is 16.0 Å². The minimum absolute atomic E-state index is 0.218. The van der Waals surface area contributed by atoms with Gasteiger partial charge >= 0.3 is 5.97 Å². The Morgan fingerprint density at radius 1 is 1.25 bits per heavy atom. The summed E-state index contributed by atoms with van der Waals surface area (Å²) in [6.45, 7) is 2.26. The minimum Gasteiger partial charge on any atom is -0.465 e. The number of amides is 1. The average molecular weight is 356 g/mol. The number of hydrogen-bond acceptors (Lipinski definition) is 5. The van der Waals surface area contributed by atoms with Crippen molar-refractivity contribution in [3.8, 4) is 0 Å². The van der Waals surface area contributed by atoms with Gasteiger partial charge in [-0.2, -0.15) is 0 Å². The molecule has 0 fully saturated rings. The molecule has 1 amide bonds. The van der Waals surface area contributed by atoms with Crippen molar-refractivity contribution in [2.45, 2.75) is 19.8 Å². The predicted octanol–water partition coefficient (Wildman–Crippen LogP) is 1.50. The molecule has 0 atom stereocenters. The Bertz CT molecular complexity index is 687. The third-order valence-corrected chi connectivity index (χ3v) is 4.65. The summed E-state index contributed by atoms with van der Waals surface area (Å²) < 4.78 is 29.8. The molecule has 0 radical (unpaired) electrons. The van der Waals surface area contributed by atoms with Gasteiger partial charge in [-0.1, -0.05) is 19.4 Å². The van der Waals surface area contributed by atoms with E-state index in [9.17, 15) is 18.0 Å². The van der Waals surface area contributed by atoms with Crippen molar-refractivity contribution in [3.63, 3.8) is 0 Å². The van der Waals surface area contributed by atoms with Crippen LogP contribution in [0.5, 0.6) is 0 Å². The molecule has 0 unspecified atom stereocenters. The van der Waals surface area contributed by atoms with Gasteiger partial charge in [-0.05, 0) is 24.6 Å². The van der Waals surface area contributed by atoms with Crippen molar-refractivity contribution in [1.29, 1.82) is 0 Å². The molecule has 0 aliphatic carbocycles. The molecular formula is C16H24N2O5S. The quantitative estimate of drug-likeness (QED) is 0.659. The first kappa shape index (κ1) is 20.0. The van der Waals surface area contributed by atoms with Crippen molar-refractivity contribution >= 4 is 27.6 Å². The summed E-state index contributed by atoms with van der Waals surface area (Å²) in [5.74, 6) is -0.881. The Kier molecular flexibility index (Phi) is 7.21. The highest BCUT2D eigenvalue weighted by molar-refractivity contribution is 7.92. The van der Waals surface area contributed by atoms with Gasteiger partial charge < -0.3 is 9.64 Å². The molecule has 8 heteroatoms. The molecule has 24 heavy (non-hydrogen) atoms. The number of ether oxygens (including phenoxy) is 1. The number of esters is 1. The summed E-state index contributed by atoms with van der Waals surface area (Å²) in [5.41, 5.74) is 0.466. The number of hydrogen-bond donors (Lipinski definition) is 0. The Hall–Kier alpha value is -2.09. The van der Waals surface area contributed by atoms with Crippen LogP contribution in [0.3, 0.4) is 0 Å². The van der Waals surface area contributed by atoms with Gasteiger partial charge in [0, 0.05) is 13.6 Å². The van der Waals surface area contributed by atoms with Crippen LogP contribution in [0.25, 0.3) is 0 Å². The van der Waals surface area contributed by atoms with Gasteiger partial charge in [-0.3, -0.25) is 9.10 Å². The highest BCUT2D eigenvalue weighted by Crippen LogP contribution is 2.20. The minimum atomic E-state index is -3.68. The van der Waals surface area contributed by atoms with E-state index in [-0.39, 0.29) is 23.7 Å². The zero-order chi connectivity index (χ0) is 18.3. The molecule has 7 nitrogen and oxygen atoms in total. The number of anilines is 1. The molecule has 1 aromatic rings. The molecule has 1 aromatic carbocycles. The highest BCUT2D eigenvalue weighted by atomic mass is 32.2. The lowest BCUT2D eigenvalue weighted by Crippen LogP contribution is -2.41. The lowest BCUT2D eigenvalue weighted by Gasteiger charge is -2.25. The lowest BCUT2D eigenvalue weighted by molar-refractivity contribution is -0.128. The van der Waals surface area contributed by atoms with Crippen molar-refractivity contribution < 1.29 is 22.7 Å². The monoisotopic (exact) mass is 356 g/mol. The van der Waals surface area contributed by atoms with Crippen molar-refractivity contribution in [2.75, 3.05) is 37.8 Å². The fraction of sp³-hybridized carbons (Fsp3) is 0.500. The molecule has 0 spiro atoms. The summed E-state index contributed by atoms with van der Waals surface area (Å²) >= 11 is 0. The topological polar surface area (TPSA) is 84.0 Å². The van der Waals surface area contributed by atoms with Crippen LogP contribution < -0.4 is 4.31 Å². The fourth-order valence-corrected chi connectivity index (χ4v) is 2.91. The van der Waals surface area contributed by atoms with E-state index in [2.05, 4.69) is 4.74 Å². The molecule has 0 saturated carbocycles. The second-order valence-corrected chi connectivity index (χ2v) is 7.39. The van der Waals surface area contributed by atoms with Crippen molar-refractivity contribution in [3.05, 3.63) is 29.8 Å². The van der Waals surface area contributed by atoms with Gasteiger partial charge in [-0.25, -0.2) is 13.2 Å². The van der Waals surface area contributed by atoms with Gasteiger partial charge in [0.2, 0.25) is 15.9 Å². The van der Waals surface area contributed by atoms with Crippen LogP contribution in [-0.4, -0.2) is 58.7 Å².